The minimum Gasteiger partial charge on any atom is -0.462 e. The number of carbonyl (C=O) groups excluding carboxylic acids is 3. The molecule has 1 atom stereocenters. The second-order valence-electron chi connectivity index (χ2n) is 3.59. The zero-order valence-corrected chi connectivity index (χ0v) is 10.9. The second-order valence-corrected chi connectivity index (χ2v) is 4.24. The minimum atomic E-state index is -0.763. The van der Waals surface area contributed by atoms with Gasteiger partial charge in [-0.05, 0) is 19.9 Å². The number of ketones is 1. The largest absolute Gasteiger partial charge is 0.462 e. The molecule has 0 aromatic heterocycles. The van der Waals surface area contributed by atoms with Crippen LogP contribution >= 0.6 is 11.6 Å². The molecule has 5 heteroatoms. The van der Waals surface area contributed by atoms with E-state index < -0.39 is 17.1 Å². The Bertz CT molecular complexity index is 480. The van der Waals surface area contributed by atoms with Crippen LogP contribution in [-0.4, -0.2) is 30.0 Å². The van der Waals surface area contributed by atoms with Crippen LogP contribution in [0.4, 0.5) is 0 Å². The summed E-state index contributed by atoms with van der Waals surface area (Å²) >= 11 is 5.70. The zero-order valence-electron chi connectivity index (χ0n) is 10.1. The number of rotatable bonds is 5. The van der Waals surface area contributed by atoms with Crippen LogP contribution in [0.3, 0.4) is 0 Å². The number of esters is 1. The maximum atomic E-state index is 11.8. The third-order valence-electron chi connectivity index (χ3n) is 2.35. The summed E-state index contributed by atoms with van der Waals surface area (Å²) in [6.07, 6.45) is 0.471. The van der Waals surface area contributed by atoms with Gasteiger partial charge in [0.2, 0.25) is 0 Å². The van der Waals surface area contributed by atoms with E-state index in [9.17, 15) is 14.4 Å². The van der Waals surface area contributed by atoms with Gasteiger partial charge < -0.3 is 4.74 Å². The molecule has 0 saturated carbocycles. The molecule has 1 aromatic rings. The number of halogens is 1. The molecule has 96 valence electrons. The van der Waals surface area contributed by atoms with Gasteiger partial charge in [-0.3, -0.25) is 9.59 Å². The van der Waals surface area contributed by atoms with Crippen molar-refractivity contribution in [3.63, 3.8) is 0 Å². The lowest BCUT2D eigenvalue weighted by Crippen LogP contribution is -2.16. The van der Waals surface area contributed by atoms with Crippen LogP contribution in [0.5, 0.6) is 0 Å². The summed E-state index contributed by atoms with van der Waals surface area (Å²) in [5, 5.41) is -0.763. The Balaban J connectivity index is 3.30. The molecule has 18 heavy (non-hydrogen) atoms. The van der Waals surface area contributed by atoms with Gasteiger partial charge in [-0.2, -0.15) is 0 Å². The van der Waals surface area contributed by atoms with Crippen molar-refractivity contribution in [1.82, 2.24) is 0 Å². The minimum absolute atomic E-state index is 0.0217. The maximum Gasteiger partial charge on any atom is 0.338 e. The van der Waals surface area contributed by atoms with Gasteiger partial charge in [-0.1, -0.05) is 12.1 Å². The van der Waals surface area contributed by atoms with Gasteiger partial charge in [-0.25, -0.2) is 4.79 Å². The standard InChI is InChI=1S/C13H13ClO4/c1-3-18-13(17)10-6-4-5-9(11(10)7-15)12(16)8(2)14/h4-8H,3H2,1-2H3. The number of hydrogen-bond acceptors (Lipinski definition) is 4. The third-order valence-corrected chi connectivity index (χ3v) is 2.54. The second kappa shape index (κ2) is 6.31. The van der Waals surface area contributed by atoms with Crippen LogP contribution in [0.25, 0.3) is 0 Å². The third kappa shape index (κ3) is 2.96. The van der Waals surface area contributed by atoms with E-state index in [0.29, 0.717) is 6.29 Å². The highest BCUT2D eigenvalue weighted by atomic mass is 35.5. The first-order valence-electron chi connectivity index (χ1n) is 5.46. The van der Waals surface area contributed by atoms with Crippen LogP contribution < -0.4 is 0 Å². The lowest BCUT2D eigenvalue weighted by molar-refractivity contribution is 0.0524. The van der Waals surface area contributed by atoms with Gasteiger partial charge >= 0.3 is 5.97 Å². The van der Waals surface area contributed by atoms with E-state index in [0.717, 1.165) is 0 Å². The SMILES string of the molecule is CCOC(=O)c1cccc(C(=O)C(C)Cl)c1C=O. The summed E-state index contributed by atoms with van der Waals surface area (Å²) in [6.45, 7) is 3.37. The number of Topliss-reactive ketones (excluding diaryl/α,β-unsaturated/α-hetero) is 1. The van der Waals surface area contributed by atoms with Crippen molar-refractivity contribution < 1.29 is 19.1 Å². The topological polar surface area (TPSA) is 60.4 Å². The fourth-order valence-corrected chi connectivity index (χ4v) is 1.63. The smallest absolute Gasteiger partial charge is 0.338 e. The summed E-state index contributed by atoms with van der Waals surface area (Å²) in [4.78, 5) is 34.5. The van der Waals surface area contributed by atoms with Crippen LogP contribution in [-0.2, 0) is 4.74 Å². The Hall–Kier alpha value is -1.68. The molecule has 0 heterocycles. The van der Waals surface area contributed by atoms with E-state index in [1.54, 1.807) is 6.92 Å². The monoisotopic (exact) mass is 268 g/mol. The van der Waals surface area contributed by atoms with Crippen LogP contribution in [0.2, 0.25) is 0 Å². The molecule has 0 radical (unpaired) electrons. The molecule has 0 aliphatic carbocycles. The highest BCUT2D eigenvalue weighted by Gasteiger charge is 2.21. The molecule has 0 spiro atoms. The Morgan fingerprint density at radius 1 is 1.39 bits per heavy atom. The summed E-state index contributed by atoms with van der Waals surface area (Å²) in [7, 11) is 0. The van der Waals surface area contributed by atoms with Crippen LogP contribution in [0, 0.1) is 0 Å². The van der Waals surface area contributed by atoms with Crippen LogP contribution in [0.15, 0.2) is 18.2 Å². The number of carbonyl (C=O) groups is 3. The Kier molecular flexibility index (Phi) is 5.04. The van der Waals surface area contributed by atoms with Crippen molar-refractivity contribution in [1.29, 1.82) is 0 Å². The number of aldehydes is 1. The van der Waals surface area contributed by atoms with E-state index in [1.165, 1.54) is 25.1 Å². The molecule has 1 aromatic carbocycles. The Labute approximate surface area is 110 Å². The first-order valence-corrected chi connectivity index (χ1v) is 5.90. The predicted octanol–water partition coefficient (Wildman–Crippen LogP) is 2.49. The van der Waals surface area contributed by atoms with Gasteiger partial charge in [0.1, 0.15) is 0 Å². The van der Waals surface area contributed by atoms with Crippen LogP contribution in [0.1, 0.15) is 44.9 Å². The van der Waals surface area contributed by atoms with Gasteiger partial charge in [0.25, 0.3) is 0 Å². The molecule has 4 nitrogen and oxygen atoms in total. The summed E-state index contributed by atoms with van der Waals surface area (Å²) < 4.78 is 4.82. The summed E-state index contributed by atoms with van der Waals surface area (Å²) in [6, 6.07) is 4.43. The average molecular weight is 269 g/mol. The van der Waals surface area contributed by atoms with Crippen molar-refractivity contribution in [2.45, 2.75) is 19.2 Å². The van der Waals surface area contributed by atoms with Gasteiger partial charge in [-0.15, -0.1) is 11.6 Å². The normalized spacial score (nSPS) is 11.7. The van der Waals surface area contributed by atoms with E-state index in [4.69, 9.17) is 16.3 Å². The Morgan fingerprint density at radius 2 is 2.00 bits per heavy atom. The van der Waals surface area contributed by atoms with E-state index in [1.807, 2.05) is 0 Å². The van der Waals surface area contributed by atoms with Crippen molar-refractivity contribution in [2.24, 2.45) is 0 Å². The highest BCUT2D eigenvalue weighted by molar-refractivity contribution is 6.34. The summed E-state index contributed by atoms with van der Waals surface area (Å²) in [5.74, 6) is -1.03. The Morgan fingerprint density at radius 3 is 2.50 bits per heavy atom. The molecular weight excluding hydrogens is 256 g/mol. The first-order chi connectivity index (χ1) is 8.52. The number of hydrogen-bond donors (Lipinski definition) is 0. The first kappa shape index (κ1) is 14.4. The highest BCUT2D eigenvalue weighted by Crippen LogP contribution is 2.17. The lowest BCUT2D eigenvalue weighted by Gasteiger charge is -2.09. The van der Waals surface area contributed by atoms with E-state index in [2.05, 4.69) is 0 Å². The van der Waals surface area contributed by atoms with Crippen molar-refractivity contribution in [3.05, 3.63) is 34.9 Å². The van der Waals surface area contributed by atoms with E-state index in [-0.39, 0.29) is 23.3 Å². The quantitative estimate of drug-likeness (QED) is 0.356. The van der Waals surface area contributed by atoms with E-state index >= 15 is 0 Å². The molecule has 1 unspecified atom stereocenters. The van der Waals surface area contributed by atoms with Crippen molar-refractivity contribution in [2.75, 3.05) is 6.61 Å². The molecule has 0 bridgehead atoms. The fourth-order valence-electron chi connectivity index (χ4n) is 1.51. The summed E-state index contributed by atoms with van der Waals surface area (Å²) in [5.41, 5.74) is 0.238. The fraction of sp³-hybridized carbons (Fsp3) is 0.308. The number of ether oxygens (including phenoxy) is 1. The molecule has 0 fully saturated rings. The lowest BCUT2D eigenvalue weighted by atomic mass is 9.98. The molecule has 0 aliphatic rings. The molecular formula is C13H13ClO4. The molecule has 0 aliphatic heterocycles. The van der Waals surface area contributed by atoms with Gasteiger partial charge in [0, 0.05) is 11.1 Å². The molecule has 0 amide bonds. The zero-order chi connectivity index (χ0) is 13.7. The van der Waals surface area contributed by atoms with Gasteiger partial charge in [0.05, 0.1) is 17.5 Å². The van der Waals surface area contributed by atoms with Crippen molar-refractivity contribution in [3.8, 4) is 0 Å². The molecule has 0 saturated heterocycles. The molecule has 0 N–H and O–H groups in total. The average Bonchev–Trinajstić information content (AvgIpc) is 2.36. The molecule has 1 rings (SSSR count). The maximum absolute atomic E-state index is 11.8. The number of alkyl halides is 1. The van der Waals surface area contributed by atoms with Gasteiger partial charge in [0.15, 0.2) is 12.1 Å². The predicted molar refractivity (Wildman–Crippen MR) is 67.4 cm³/mol. The van der Waals surface area contributed by atoms with Crippen molar-refractivity contribution >= 4 is 29.6 Å². The number of benzene rings is 1.